The number of benzene rings is 1. The van der Waals surface area contributed by atoms with E-state index in [1.807, 2.05) is 19.1 Å². The van der Waals surface area contributed by atoms with Crippen molar-refractivity contribution in [3.05, 3.63) is 29.3 Å². The number of amides is 3. The number of urea groups is 1. The molecule has 1 saturated heterocycles. The monoisotopic (exact) mass is 374 g/mol. The van der Waals surface area contributed by atoms with Gasteiger partial charge in [-0.2, -0.15) is 0 Å². The van der Waals surface area contributed by atoms with Gasteiger partial charge in [0.25, 0.3) is 5.91 Å². The number of ether oxygens (including phenoxy) is 1. The quantitative estimate of drug-likeness (QED) is 0.751. The van der Waals surface area contributed by atoms with Crippen LogP contribution in [0.3, 0.4) is 0 Å². The van der Waals surface area contributed by atoms with Crippen LogP contribution in [0.2, 0.25) is 0 Å². The summed E-state index contributed by atoms with van der Waals surface area (Å²) < 4.78 is 5.74. The Bertz CT molecular complexity index is 751. The highest BCUT2D eigenvalue weighted by molar-refractivity contribution is 6.07. The van der Waals surface area contributed by atoms with Crippen molar-refractivity contribution in [3.63, 3.8) is 0 Å². The number of carbonyl (C=O) groups is 2. The molecule has 1 aromatic carbocycles. The van der Waals surface area contributed by atoms with Crippen LogP contribution in [0.5, 0.6) is 5.75 Å². The Labute approximate surface area is 160 Å². The molecule has 0 bridgehead atoms. The molecule has 3 rings (SSSR count). The molecule has 3 amide bonds. The largest absolute Gasteiger partial charge is 0.491 e. The van der Waals surface area contributed by atoms with Gasteiger partial charge >= 0.3 is 6.03 Å². The van der Waals surface area contributed by atoms with Crippen LogP contribution in [-0.2, 0) is 10.2 Å². The Morgan fingerprint density at radius 2 is 2.00 bits per heavy atom. The van der Waals surface area contributed by atoms with E-state index in [2.05, 4.69) is 32.2 Å². The Morgan fingerprint density at radius 3 is 2.56 bits per heavy atom. The molecule has 1 saturated carbocycles. The molecule has 2 N–H and O–H groups in total. The highest BCUT2D eigenvalue weighted by Gasteiger charge is 2.56. The van der Waals surface area contributed by atoms with Crippen molar-refractivity contribution >= 4 is 11.9 Å². The summed E-state index contributed by atoms with van der Waals surface area (Å²) in [5.74, 6) is 0.651. The van der Waals surface area contributed by atoms with E-state index in [1.165, 1.54) is 5.56 Å². The maximum Gasteiger partial charge on any atom is 0.325 e. The highest BCUT2D eigenvalue weighted by Crippen LogP contribution is 2.42. The van der Waals surface area contributed by atoms with Gasteiger partial charge in [0, 0.05) is 0 Å². The molecule has 6 nitrogen and oxygen atoms in total. The average molecular weight is 374 g/mol. The van der Waals surface area contributed by atoms with Crippen LogP contribution in [0.1, 0.15) is 51.7 Å². The second-order valence-corrected chi connectivity index (χ2v) is 9.02. The molecule has 1 heterocycles. The minimum atomic E-state index is -0.942. The lowest BCUT2D eigenvalue weighted by molar-refractivity contribution is -0.132. The van der Waals surface area contributed by atoms with Gasteiger partial charge < -0.3 is 15.2 Å². The zero-order chi connectivity index (χ0) is 20.0. The first-order valence-electron chi connectivity index (χ1n) is 9.58. The van der Waals surface area contributed by atoms with Crippen LogP contribution >= 0.6 is 0 Å². The fraction of sp³-hybridized carbons (Fsp3) is 0.619. The molecule has 0 spiro atoms. The Hall–Kier alpha value is -2.08. The van der Waals surface area contributed by atoms with Crippen molar-refractivity contribution in [1.29, 1.82) is 0 Å². The second-order valence-electron chi connectivity index (χ2n) is 9.02. The normalized spacial score (nSPS) is 24.1. The SMILES string of the molecule is Cc1cc(C(C)(C)C)ccc1OC[C@@H](O)CN1C(=O)N[C@](C)(C2CC2)C1=O. The fourth-order valence-electron chi connectivity index (χ4n) is 3.55. The van der Waals surface area contributed by atoms with E-state index in [0.29, 0.717) is 5.75 Å². The summed E-state index contributed by atoms with van der Waals surface area (Å²) in [6.45, 7) is 10.2. The van der Waals surface area contributed by atoms with Gasteiger partial charge in [-0.15, -0.1) is 0 Å². The number of nitrogens with one attached hydrogen (secondary N) is 1. The first kappa shape index (κ1) is 19.7. The molecule has 27 heavy (non-hydrogen) atoms. The van der Waals surface area contributed by atoms with Crippen LogP contribution in [-0.4, -0.2) is 46.7 Å². The summed E-state index contributed by atoms with van der Waals surface area (Å²) in [6, 6.07) is 5.58. The van der Waals surface area contributed by atoms with Gasteiger partial charge in [-0.05, 0) is 55.2 Å². The average Bonchev–Trinajstić information content (AvgIpc) is 3.39. The minimum absolute atomic E-state index is 0.0207. The van der Waals surface area contributed by atoms with E-state index < -0.39 is 17.7 Å². The predicted octanol–water partition coefficient (Wildman–Crippen LogP) is 2.75. The van der Waals surface area contributed by atoms with Crippen molar-refractivity contribution in [2.75, 3.05) is 13.2 Å². The smallest absolute Gasteiger partial charge is 0.325 e. The summed E-state index contributed by atoms with van der Waals surface area (Å²) in [5, 5.41) is 13.1. The number of hydrogen-bond donors (Lipinski definition) is 2. The van der Waals surface area contributed by atoms with Crippen molar-refractivity contribution in [1.82, 2.24) is 10.2 Å². The van der Waals surface area contributed by atoms with Crippen LogP contribution in [0.4, 0.5) is 4.79 Å². The van der Waals surface area contributed by atoms with Crippen molar-refractivity contribution in [2.24, 2.45) is 5.92 Å². The van der Waals surface area contributed by atoms with Gasteiger partial charge in [0.15, 0.2) is 0 Å². The number of rotatable bonds is 6. The molecule has 2 atom stereocenters. The third kappa shape index (κ3) is 3.95. The standard InChI is InChI=1S/C21H30N2O4/c1-13-10-15(20(2,3)4)8-9-17(13)27-12-16(24)11-23-18(25)21(5,14-6-7-14)22-19(23)26/h8-10,14,16,24H,6-7,11-12H2,1-5H3,(H,22,26)/t16-,21+/m0/s1. The van der Waals surface area contributed by atoms with E-state index >= 15 is 0 Å². The molecule has 1 aliphatic carbocycles. The maximum atomic E-state index is 12.6. The topological polar surface area (TPSA) is 78.9 Å². The van der Waals surface area contributed by atoms with Gasteiger partial charge in [-0.3, -0.25) is 9.69 Å². The zero-order valence-corrected chi connectivity index (χ0v) is 16.8. The van der Waals surface area contributed by atoms with Gasteiger partial charge in [0.2, 0.25) is 0 Å². The van der Waals surface area contributed by atoms with Crippen molar-refractivity contribution in [2.45, 2.75) is 64.5 Å². The highest BCUT2D eigenvalue weighted by atomic mass is 16.5. The van der Waals surface area contributed by atoms with E-state index in [-0.39, 0.29) is 30.4 Å². The van der Waals surface area contributed by atoms with Crippen LogP contribution in [0.25, 0.3) is 0 Å². The first-order chi connectivity index (χ1) is 12.5. The minimum Gasteiger partial charge on any atom is -0.491 e. The first-order valence-corrected chi connectivity index (χ1v) is 9.58. The molecule has 6 heteroatoms. The lowest BCUT2D eigenvalue weighted by atomic mass is 9.86. The lowest BCUT2D eigenvalue weighted by Gasteiger charge is -2.23. The van der Waals surface area contributed by atoms with E-state index in [9.17, 15) is 14.7 Å². The summed E-state index contributed by atoms with van der Waals surface area (Å²) >= 11 is 0. The summed E-state index contributed by atoms with van der Waals surface area (Å²) in [6.07, 6.45) is 0.959. The number of β-amino-alcohol motifs (C(OH)–C–C–N with tert-alkyl or cyclic N) is 1. The van der Waals surface area contributed by atoms with Crippen LogP contribution < -0.4 is 10.1 Å². The van der Waals surface area contributed by atoms with Crippen LogP contribution in [0.15, 0.2) is 18.2 Å². The second kappa shape index (κ2) is 6.82. The number of carbonyl (C=O) groups excluding carboxylic acids is 2. The molecular formula is C21H30N2O4. The summed E-state index contributed by atoms with van der Waals surface area (Å²) in [4.78, 5) is 25.9. The molecular weight excluding hydrogens is 344 g/mol. The number of aliphatic hydroxyl groups is 1. The number of imide groups is 1. The molecule has 2 aliphatic rings. The number of nitrogens with zero attached hydrogens (tertiary/aromatic N) is 1. The van der Waals surface area contributed by atoms with E-state index in [0.717, 1.165) is 23.3 Å². The predicted molar refractivity (Wildman–Crippen MR) is 103 cm³/mol. The van der Waals surface area contributed by atoms with Gasteiger partial charge in [-0.25, -0.2) is 4.79 Å². The third-order valence-corrected chi connectivity index (χ3v) is 5.56. The molecule has 148 valence electrons. The number of hydrogen-bond acceptors (Lipinski definition) is 4. The van der Waals surface area contributed by atoms with Crippen LogP contribution in [0, 0.1) is 12.8 Å². The van der Waals surface area contributed by atoms with E-state index in [1.54, 1.807) is 6.92 Å². The molecule has 2 fully saturated rings. The lowest BCUT2D eigenvalue weighted by Crippen LogP contribution is -2.46. The molecule has 1 aliphatic heterocycles. The third-order valence-electron chi connectivity index (χ3n) is 5.56. The summed E-state index contributed by atoms with van der Waals surface area (Å²) in [7, 11) is 0. The number of aryl methyl sites for hydroxylation is 1. The zero-order valence-electron chi connectivity index (χ0n) is 16.8. The molecule has 0 unspecified atom stereocenters. The van der Waals surface area contributed by atoms with Gasteiger partial charge in [0.1, 0.15) is 24.0 Å². The Balaban J connectivity index is 1.58. The summed E-state index contributed by atoms with van der Waals surface area (Å²) in [5.41, 5.74) is 1.44. The molecule has 1 aromatic rings. The van der Waals surface area contributed by atoms with Crippen molar-refractivity contribution < 1.29 is 19.4 Å². The molecule has 0 aromatic heterocycles. The molecule has 0 radical (unpaired) electrons. The number of aliphatic hydroxyl groups excluding tert-OH is 1. The van der Waals surface area contributed by atoms with Crippen molar-refractivity contribution in [3.8, 4) is 5.75 Å². The fourth-order valence-corrected chi connectivity index (χ4v) is 3.55. The maximum absolute atomic E-state index is 12.6. The van der Waals surface area contributed by atoms with Gasteiger partial charge in [0.05, 0.1) is 6.54 Å². The Kier molecular flexibility index (Phi) is 4.97. The Morgan fingerprint density at radius 1 is 1.33 bits per heavy atom. The van der Waals surface area contributed by atoms with E-state index in [4.69, 9.17) is 4.74 Å². The van der Waals surface area contributed by atoms with Gasteiger partial charge in [-0.1, -0.05) is 32.9 Å².